The molecule has 4 heteroatoms. The van der Waals surface area contributed by atoms with E-state index in [1.807, 2.05) is 10.6 Å². The van der Waals surface area contributed by atoms with Crippen molar-refractivity contribution in [1.29, 1.82) is 0 Å². The number of thiol groups is 1. The van der Waals surface area contributed by atoms with Gasteiger partial charge in [0.25, 0.3) is 5.56 Å². The Morgan fingerprint density at radius 3 is 3.00 bits per heavy atom. The van der Waals surface area contributed by atoms with Crippen LogP contribution in [0.4, 0.5) is 0 Å². The lowest BCUT2D eigenvalue weighted by atomic mass is 10.1. The molecule has 0 atom stereocenters. The van der Waals surface area contributed by atoms with Crippen LogP contribution in [-0.2, 0) is 29.9 Å². The van der Waals surface area contributed by atoms with Crippen molar-refractivity contribution < 1.29 is 4.74 Å². The highest BCUT2D eigenvalue weighted by Crippen LogP contribution is 2.21. The maximum absolute atomic E-state index is 12.2. The Labute approximate surface area is 107 Å². The molecule has 0 aliphatic heterocycles. The number of aryl methyl sites for hydroxylation is 1. The van der Waals surface area contributed by atoms with E-state index in [1.165, 1.54) is 11.3 Å². The van der Waals surface area contributed by atoms with Crippen LogP contribution in [0.15, 0.2) is 10.9 Å². The minimum absolute atomic E-state index is 0.136. The summed E-state index contributed by atoms with van der Waals surface area (Å²) in [6.07, 6.45) is 4.18. The second-order valence-electron chi connectivity index (χ2n) is 4.46. The van der Waals surface area contributed by atoms with E-state index in [2.05, 4.69) is 12.6 Å². The van der Waals surface area contributed by atoms with Crippen molar-refractivity contribution in [2.45, 2.75) is 38.0 Å². The molecule has 0 N–H and O–H groups in total. The lowest BCUT2D eigenvalue weighted by Crippen LogP contribution is -2.27. The summed E-state index contributed by atoms with van der Waals surface area (Å²) in [6, 6.07) is 2.05. The van der Waals surface area contributed by atoms with Crippen molar-refractivity contribution in [3.63, 3.8) is 0 Å². The zero-order valence-corrected chi connectivity index (χ0v) is 11.1. The van der Waals surface area contributed by atoms with Gasteiger partial charge >= 0.3 is 0 Å². The molecule has 1 heterocycles. The van der Waals surface area contributed by atoms with Crippen LogP contribution in [-0.4, -0.2) is 18.3 Å². The molecule has 1 aliphatic rings. The fraction of sp³-hybridized carbons (Fsp3) is 0.615. The largest absolute Gasteiger partial charge is 0.385 e. The lowest BCUT2D eigenvalue weighted by molar-refractivity contribution is 0.189. The van der Waals surface area contributed by atoms with Crippen molar-refractivity contribution in [2.24, 2.45) is 0 Å². The molecule has 0 bridgehead atoms. The number of methoxy groups -OCH3 is 1. The predicted octanol–water partition coefficient (Wildman–Crippen LogP) is 1.80. The quantitative estimate of drug-likeness (QED) is 0.641. The summed E-state index contributed by atoms with van der Waals surface area (Å²) in [5, 5.41) is 0. The third-order valence-corrected chi connectivity index (χ3v) is 3.67. The summed E-state index contributed by atoms with van der Waals surface area (Å²) >= 11 is 4.24. The van der Waals surface area contributed by atoms with Crippen molar-refractivity contribution in [3.8, 4) is 0 Å². The highest BCUT2D eigenvalue weighted by molar-refractivity contribution is 7.79. The van der Waals surface area contributed by atoms with E-state index in [0.717, 1.165) is 37.8 Å². The van der Waals surface area contributed by atoms with E-state index in [-0.39, 0.29) is 5.56 Å². The zero-order chi connectivity index (χ0) is 12.3. The zero-order valence-electron chi connectivity index (χ0n) is 10.2. The van der Waals surface area contributed by atoms with E-state index >= 15 is 0 Å². The molecule has 0 amide bonds. The highest BCUT2D eigenvalue weighted by atomic mass is 32.1. The fourth-order valence-corrected chi connectivity index (χ4v) is 2.73. The number of aromatic nitrogens is 1. The average Bonchev–Trinajstić information content (AvgIpc) is 2.79. The van der Waals surface area contributed by atoms with Gasteiger partial charge in [0.2, 0.25) is 0 Å². The molecule has 0 saturated heterocycles. The van der Waals surface area contributed by atoms with Crippen molar-refractivity contribution in [1.82, 2.24) is 4.57 Å². The van der Waals surface area contributed by atoms with Gasteiger partial charge in [0.15, 0.2) is 0 Å². The van der Waals surface area contributed by atoms with E-state index in [4.69, 9.17) is 4.74 Å². The lowest BCUT2D eigenvalue weighted by Gasteiger charge is -2.13. The number of hydrogen-bond donors (Lipinski definition) is 1. The third kappa shape index (κ3) is 2.58. The summed E-state index contributed by atoms with van der Waals surface area (Å²) in [4.78, 5) is 12.2. The molecule has 0 radical (unpaired) electrons. The maximum atomic E-state index is 12.2. The maximum Gasteiger partial charge on any atom is 0.254 e. The van der Waals surface area contributed by atoms with Crippen LogP contribution in [0.25, 0.3) is 0 Å². The van der Waals surface area contributed by atoms with Gasteiger partial charge in [-0.15, -0.1) is 0 Å². The summed E-state index contributed by atoms with van der Waals surface area (Å²) in [6.45, 7) is 1.46. The molecule has 1 aliphatic carbocycles. The predicted molar refractivity (Wildman–Crippen MR) is 71.9 cm³/mol. The Balaban J connectivity index is 2.34. The molecule has 2 rings (SSSR count). The van der Waals surface area contributed by atoms with Crippen LogP contribution in [0.2, 0.25) is 0 Å². The first kappa shape index (κ1) is 12.7. The van der Waals surface area contributed by atoms with Gasteiger partial charge in [-0.3, -0.25) is 4.79 Å². The summed E-state index contributed by atoms with van der Waals surface area (Å²) < 4.78 is 6.99. The monoisotopic (exact) mass is 253 g/mol. The molecule has 1 aromatic rings. The second-order valence-corrected chi connectivity index (χ2v) is 4.77. The molecule has 0 saturated carbocycles. The molecule has 94 valence electrons. The van der Waals surface area contributed by atoms with Crippen molar-refractivity contribution >= 4 is 12.6 Å². The van der Waals surface area contributed by atoms with Crippen molar-refractivity contribution in [3.05, 3.63) is 33.2 Å². The Hall–Kier alpha value is -0.740. The number of nitrogens with zero attached hydrogens (tertiary/aromatic N) is 1. The van der Waals surface area contributed by atoms with Crippen molar-refractivity contribution in [2.75, 3.05) is 13.7 Å². The van der Waals surface area contributed by atoms with Gasteiger partial charge in [-0.25, -0.2) is 0 Å². The summed E-state index contributed by atoms with van der Waals surface area (Å²) in [5.74, 6) is 0.524. The molecule has 0 unspecified atom stereocenters. The molecule has 0 aromatic carbocycles. The van der Waals surface area contributed by atoms with Gasteiger partial charge in [0.1, 0.15) is 0 Å². The fourth-order valence-electron chi connectivity index (χ4n) is 2.50. The van der Waals surface area contributed by atoms with Crippen LogP contribution < -0.4 is 5.56 Å². The second kappa shape index (κ2) is 5.74. The first-order valence-corrected chi connectivity index (χ1v) is 6.75. The molecule has 17 heavy (non-hydrogen) atoms. The van der Waals surface area contributed by atoms with Gasteiger partial charge in [-0.05, 0) is 37.3 Å². The van der Waals surface area contributed by atoms with Gasteiger partial charge in [-0.2, -0.15) is 12.6 Å². The van der Waals surface area contributed by atoms with Gasteiger partial charge in [0, 0.05) is 37.3 Å². The molecule has 1 aromatic heterocycles. The van der Waals surface area contributed by atoms with Gasteiger partial charge in [0.05, 0.1) is 0 Å². The van der Waals surface area contributed by atoms with E-state index < -0.39 is 0 Å². The molecule has 3 nitrogen and oxygen atoms in total. The van der Waals surface area contributed by atoms with Gasteiger partial charge < -0.3 is 9.30 Å². The minimum atomic E-state index is 0.136. The summed E-state index contributed by atoms with van der Waals surface area (Å²) in [7, 11) is 1.69. The third-order valence-electron chi connectivity index (χ3n) is 3.33. The number of hydrogen-bond acceptors (Lipinski definition) is 3. The number of pyridine rings is 1. The Kier molecular flexibility index (Phi) is 4.29. The van der Waals surface area contributed by atoms with E-state index in [9.17, 15) is 4.79 Å². The number of fused-ring (bicyclic) bond motifs is 1. The normalized spacial score (nSPS) is 14.0. The topological polar surface area (TPSA) is 31.2 Å². The SMILES string of the molecule is COCCCn1c2c(cc(CS)c1=O)CCC2. The van der Waals surface area contributed by atoms with Crippen LogP contribution >= 0.6 is 12.6 Å². The van der Waals surface area contributed by atoms with Crippen LogP contribution in [0.3, 0.4) is 0 Å². The Morgan fingerprint density at radius 2 is 2.29 bits per heavy atom. The highest BCUT2D eigenvalue weighted by Gasteiger charge is 2.18. The summed E-state index contributed by atoms with van der Waals surface area (Å²) in [5.41, 5.74) is 3.53. The molecular formula is C13H19NO2S. The standard InChI is InChI=1S/C13H19NO2S/c1-16-7-3-6-14-12-5-2-4-10(12)8-11(9-17)13(14)15/h8,17H,2-7,9H2,1H3. The first-order valence-electron chi connectivity index (χ1n) is 6.12. The minimum Gasteiger partial charge on any atom is -0.385 e. The average molecular weight is 253 g/mol. The Bertz CT molecular complexity index is 453. The van der Waals surface area contributed by atoms with Crippen LogP contribution in [0.5, 0.6) is 0 Å². The molecular weight excluding hydrogens is 234 g/mol. The molecule has 0 fully saturated rings. The van der Waals surface area contributed by atoms with E-state index in [1.54, 1.807) is 7.11 Å². The number of ether oxygens (including phenoxy) is 1. The van der Waals surface area contributed by atoms with Gasteiger partial charge in [-0.1, -0.05) is 0 Å². The van der Waals surface area contributed by atoms with E-state index in [0.29, 0.717) is 12.4 Å². The smallest absolute Gasteiger partial charge is 0.254 e. The Morgan fingerprint density at radius 1 is 1.47 bits per heavy atom. The first-order chi connectivity index (χ1) is 8.27. The van der Waals surface area contributed by atoms with Crippen LogP contribution in [0.1, 0.15) is 29.7 Å². The van der Waals surface area contributed by atoms with Crippen LogP contribution in [0, 0.1) is 0 Å². The number of rotatable bonds is 5. The molecule has 0 spiro atoms.